The molecule has 33 heavy (non-hydrogen) atoms. The van der Waals surface area contributed by atoms with Crippen LogP contribution in [0.3, 0.4) is 0 Å². The molecule has 0 atom stereocenters. The van der Waals surface area contributed by atoms with E-state index in [0.717, 1.165) is 16.3 Å². The monoisotopic (exact) mass is 462 g/mol. The van der Waals surface area contributed by atoms with Gasteiger partial charge in [-0.2, -0.15) is 0 Å². The number of carbonyl (C=O) groups excluding carboxylic acids is 1. The van der Waals surface area contributed by atoms with E-state index in [2.05, 4.69) is 15.2 Å². The molecule has 1 aromatic heterocycles. The van der Waals surface area contributed by atoms with E-state index in [9.17, 15) is 18.3 Å². The van der Waals surface area contributed by atoms with Gasteiger partial charge in [0, 0.05) is 5.39 Å². The summed E-state index contributed by atoms with van der Waals surface area (Å²) < 4.78 is 27.7. The number of aromatic amines is 1. The molecule has 0 radical (unpaired) electrons. The molecule has 168 valence electrons. The van der Waals surface area contributed by atoms with Gasteiger partial charge in [0.25, 0.3) is 15.9 Å². The third-order valence-corrected chi connectivity index (χ3v) is 6.95. The zero-order valence-electron chi connectivity index (χ0n) is 17.8. The van der Waals surface area contributed by atoms with Crippen LogP contribution in [-0.4, -0.2) is 31.0 Å². The van der Waals surface area contributed by atoms with E-state index < -0.39 is 22.5 Å². The molecule has 2 N–H and O–H groups in total. The van der Waals surface area contributed by atoms with Crippen molar-refractivity contribution in [3.63, 3.8) is 0 Å². The molecule has 4 rings (SSSR count). The third-order valence-electron chi connectivity index (χ3n) is 5.16. The van der Waals surface area contributed by atoms with E-state index in [1.807, 2.05) is 19.1 Å². The highest BCUT2D eigenvalue weighted by atomic mass is 32.2. The standard InChI is InChI=1S/C24H22N4O4S/c1-2-17-12-14-18(15-13-17)28(33(31,32)19-8-4-3-5-9-19)16-22(29)26-27-23-20-10-6-7-11-21(20)25-24(23)30/h3-15,25,30H,2,16H2,1H3. The summed E-state index contributed by atoms with van der Waals surface area (Å²) in [6, 6.07) is 21.9. The van der Waals surface area contributed by atoms with Crippen molar-refractivity contribution in [2.45, 2.75) is 18.2 Å². The number of aryl methyl sites for hydroxylation is 1. The number of carbonyl (C=O) groups is 1. The number of azo groups is 1. The number of aromatic hydroxyl groups is 1. The van der Waals surface area contributed by atoms with Crippen molar-refractivity contribution in [3.8, 4) is 5.88 Å². The lowest BCUT2D eigenvalue weighted by molar-refractivity contribution is -0.116. The van der Waals surface area contributed by atoms with Crippen LogP contribution < -0.4 is 4.31 Å². The predicted octanol–water partition coefficient (Wildman–Crippen LogP) is 4.94. The Morgan fingerprint density at radius 3 is 2.33 bits per heavy atom. The van der Waals surface area contributed by atoms with Crippen molar-refractivity contribution >= 4 is 38.2 Å². The zero-order valence-corrected chi connectivity index (χ0v) is 18.7. The Balaban J connectivity index is 1.66. The van der Waals surface area contributed by atoms with Gasteiger partial charge in [-0.25, -0.2) is 8.42 Å². The van der Waals surface area contributed by atoms with Crippen molar-refractivity contribution in [2.75, 3.05) is 10.8 Å². The molecule has 0 bridgehead atoms. The number of hydrogen-bond acceptors (Lipinski definition) is 5. The number of nitrogens with one attached hydrogen (secondary N) is 1. The summed E-state index contributed by atoms with van der Waals surface area (Å²) in [5.74, 6) is -1.00. The van der Waals surface area contributed by atoms with Crippen LogP contribution in [0.25, 0.3) is 10.9 Å². The predicted molar refractivity (Wildman–Crippen MR) is 126 cm³/mol. The van der Waals surface area contributed by atoms with Crippen LogP contribution in [0.15, 0.2) is 94.0 Å². The van der Waals surface area contributed by atoms with Gasteiger partial charge in [0.2, 0.25) is 5.88 Å². The number of hydrogen-bond donors (Lipinski definition) is 2. The van der Waals surface area contributed by atoms with Gasteiger partial charge in [-0.1, -0.05) is 55.5 Å². The first-order valence-corrected chi connectivity index (χ1v) is 11.7. The molecule has 0 unspecified atom stereocenters. The number of nitrogens with zero attached hydrogens (tertiary/aromatic N) is 3. The third kappa shape index (κ3) is 4.63. The highest BCUT2D eigenvalue weighted by Crippen LogP contribution is 2.35. The fraction of sp³-hybridized carbons (Fsp3) is 0.125. The highest BCUT2D eigenvalue weighted by molar-refractivity contribution is 7.92. The summed E-state index contributed by atoms with van der Waals surface area (Å²) in [7, 11) is -4.03. The van der Waals surface area contributed by atoms with Crippen LogP contribution in [0.4, 0.5) is 11.4 Å². The van der Waals surface area contributed by atoms with Gasteiger partial charge >= 0.3 is 0 Å². The van der Waals surface area contributed by atoms with Gasteiger partial charge in [-0.05, 0) is 42.3 Å². The van der Waals surface area contributed by atoms with Crippen molar-refractivity contribution < 1.29 is 18.3 Å². The van der Waals surface area contributed by atoms with E-state index in [0.29, 0.717) is 16.6 Å². The molecule has 8 nitrogen and oxygen atoms in total. The molecule has 4 aromatic rings. The quantitative estimate of drug-likeness (QED) is 0.378. The molecule has 3 aromatic carbocycles. The number of aromatic nitrogens is 1. The minimum atomic E-state index is -4.03. The Morgan fingerprint density at radius 2 is 1.64 bits per heavy atom. The van der Waals surface area contributed by atoms with Crippen molar-refractivity contribution in [2.24, 2.45) is 10.2 Å². The summed E-state index contributed by atoms with van der Waals surface area (Å²) in [4.78, 5) is 15.5. The number of fused-ring (bicyclic) bond motifs is 1. The Hall–Kier alpha value is -3.98. The Bertz CT molecular complexity index is 1410. The van der Waals surface area contributed by atoms with Crippen LogP contribution in [0.2, 0.25) is 0 Å². The molecular formula is C24H22N4O4S. The number of anilines is 1. The van der Waals surface area contributed by atoms with Crippen molar-refractivity contribution in [1.82, 2.24) is 4.98 Å². The number of sulfonamides is 1. The Labute approximate surface area is 191 Å². The van der Waals surface area contributed by atoms with E-state index in [4.69, 9.17) is 0 Å². The SMILES string of the molecule is CCc1ccc(N(CC(=O)N=Nc2c(O)[nH]c3ccccc23)S(=O)(=O)c2ccccc2)cc1. The van der Waals surface area contributed by atoms with E-state index in [-0.39, 0.29) is 16.5 Å². The van der Waals surface area contributed by atoms with Crippen molar-refractivity contribution in [3.05, 3.63) is 84.4 Å². The topological polar surface area (TPSA) is 115 Å². The molecule has 9 heteroatoms. The summed E-state index contributed by atoms with van der Waals surface area (Å²) in [6.45, 7) is 1.45. The lowest BCUT2D eigenvalue weighted by atomic mass is 10.1. The van der Waals surface area contributed by atoms with Gasteiger partial charge in [-0.3, -0.25) is 9.10 Å². The summed E-state index contributed by atoms with van der Waals surface area (Å²) in [6.07, 6.45) is 0.799. The largest absolute Gasteiger partial charge is 0.493 e. The molecule has 1 heterocycles. The average molecular weight is 463 g/mol. The Morgan fingerprint density at radius 1 is 0.970 bits per heavy atom. The second-order valence-corrected chi connectivity index (χ2v) is 9.17. The van der Waals surface area contributed by atoms with Gasteiger partial charge in [0.05, 0.1) is 16.1 Å². The highest BCUT2D eigenvalue weighted by Gasteiger charge is 2.27. The number of rotatable bonds is 7. The maximum atomic E-state index is 13.3. The van der Waals surface area contributed by atoms with Gasteiger partial charge in [0.1, 0.15) is 6.54 Å². The number of H-pyrrole nitrogens is 1. The summed E-state index contributed by atoms with van der Waals surface area (Å²) >= 11 is 0. The van der Waals surface area contributed by atoms with Crippen LogP contribution in [0.1, 0.15) is 12.5 Å². The van der Waals surface area contributed by atoms with Crippen LogP contribution >= 0.6 is 0 Å². The zero-order chi connectivity index (χ0) is 23.4. The fourth-order valence-electron chi connectivity index (χ4n) is 3.41. The van der Waals surface area contributed by atoms with Crippen LogP contribution in [-0.2, 0) is 21.2 Å². The lowest BCUT2D eigenvalue weighted by Crippen LogP contribution is -2.35. The summed E-state index contributed by atoms with van der Waals surface area (Å²) in [5.41, 5.74) is 2.13. The minimum Gasteiger partial charge on any atom is -0.493 e. The second kappa shape index (κ2) is 9.25. The first-order chi connectivity index (χ1) is 15.9. The first-order valence-electron chi connectivity index (χ1n) is 10.3. The average Bonchev–Trinajstić information content (AvgIpc) is 3.16. The molecule has 0 fully saturated rings. The normalized spacial score (nSPS) is 11.8. The molecule has 0 aliphatic rings. The van der Waals surface area contributed by atoms with Gasteiger partial charge in [-0.15, -0.1) is 10.2 Å². The van der Waals surface area contributed by atoms with E-state index in [1.165, 1.54) is 12.1 Å². The molecule has 0 aliphatic carbocycles. The number of benzene rings is 3. The van der Waals surface area contributed by atoms with E-state index >= 15 is 0 Å². The molecule has 1 amide bonds. The van der Waals surface area contributed by atoms with E-state index in [1.54, 1.807) is 54.6 Å². The lowest BCUT2D eigenvalue weighted by Gasteiger charge is -2.23. The second-order valence-electron chi connectivity index (χ2n) is 7.31. The summed E-state index contributed by atoms with van der Waals surface area (Å²) in [5, 5.41) is 18.3. The fourth-order valence-corrected chi connectivity index (χ4v) is 4.84. The molecule has 0 saturated heterocycles. The maximum absolute atomic E-state index is 13.3. The maximum Gasteiger partial charge on any atom is 0.285 e. The number of para-hydroxylation sites is 1. The van der Waals surface area contributed by atoms with Crippen LogP contribution in [0.5, 0.6) is 5.88 Å². The molecular weight excluding hydrogens is 440 g/mol. The van der Waals surface area contributed by atoms with Crippen LogP contribution in [0, 0.1) is 0 Å². The smallest absolute Gasteiger partial charge is 0.285 e. The molecule has 0 aliphatic heterocycles. The van der Waals surface area contributed by atoms with Gasteiger partial charge < -0.3 is 10.1 Å². The minimum absolute atomic E-state index is 0.0589. The van der Waals surface area contributed by atoms with Crippen molar-refractivity contribution in [1.29, 1.82) is 0 Å². The Kier molecular flexibility index (Phi) is 6.23. The first kappa shape index (κ1) is 22.2. The molecule has 0 saturated carbocycles. The number of amides is 1. The molecule has 0 spiro atoms. The van der Waals surface area contributed by atoms with Gasteiger partial charge in [0.15, 0.2) is 5.69 Å².